The first kappa shape index (κ1) is 18.0. The van der Waals surface area contributed by atoms with Gasteiger partial charge in [0.1, 0.15) is 0 Å². The highest BCUT2D eigenvalue weighted by Gasteiger charge is 2.28. The number of benzene rings is 2. The normalized spacial score (nSPS) is 11.6. The second kappa shape index (κ2) is 7.95. The van der Waals surface area contributed by atoms with E-state index in [1.54, 1.807) is 24.3 Å². The summed E-state index contributed by atoms with van der Waals surface area (Å²) in [5.41, 5.74) is 0.778. The molecule has 0 saturated carbocycles. The summed E-state index contributed by atoms with van der Waals surface area (Å²) < 4.78 is 0. The molecule has 7 heteroatoms. The van der Waals surface area contributed by atoms with Crippen molar-refractivity contribution in [2.75, 3.05) is 0 Å². The van der Waals surface area contributed by atoms with Crippen LogP contribution in [0.5, 0.6) is 0 Å². The molecule has 1 atom stereocenters. The highest BCUT2D eigenvalue weighted by Crippen LogP contribution is 2.23. The highest BCUT2D eigenvalue weighted by atomic mass is 35.5. The fourth-order valence-electron chi connectivity index (χ4n) is 2.04. The van der Waals surface area contributed by atoms with Crippen molar-refractivity contribution in [3.63, 3.8) is 0 Å². The van der Waals surface area contributed by atoms with Crippen LogP contribution in [0.2, 0.25) is 10.0 Å². The van der Waals surface area contributed by atoms with Gasteiger partial charge in [0.05, 0.1) is 10.0 Å². The van der Waals surface area contributed by atoms with Crippen molar-refractivity contribution < 1.29 is 19.5 Å². The van der Waals surface area contributed by atoms with Gasteiger partial charge in [0.25, 0.3) is 5.91 Å². The molecular formula is C17H13Cl2NO4. The Morgan fingerprint density at radius 1 is 1.00 bits per heavy atom. The maximum Gasteiger partial charge on any atom is 0.334 e. The van der Waals surface area contributed by atoms with Crippen molar-refractivity contribution >= 4 is 40.9 Å². The van der Waals surface area contributed by atoms with E-state index in [0.29, 0.717) is 10.6 Å². The van der Waals surface area contributed by atoms with Gasteiger partial charge in [-0.1, -0.05) is 47.5 Å². The lowest BCUT2D eigenvalue weighted by Gasteiger charge is -2.14. The average Bonchev–Trinajstić information content (AvgIpc) is 2.56. The molecule has 0 aliphatic rings. The number of carbonyl (C=O) groups is 3. The van der Waals surface area contributed by atoms with Gasteiger partial charge in [-0.15, -0.1) is 0 Å². The van der Waals surface area contributed by atoms with E-state index in [2.05, 4.69) is 5.32 Å². The molecule has 0 fully saturated rings. The maximum absolute atomic E-state index is 12.2. The molecule has 2 rings (SSSR count). The molecule has 2 N–H and O–H groups in total. The molecular weight excluding hydrogens is 353 g/mol. The zero-order valence-electron chi connectivity index (χ0n) is 12.3. The van der Waals surface area contributed by atoms with Crippen LogP contribution in [0, 0.1) is 0 Å². The number of rotatable bonds is 6. The molecule has 0 radical (unpaired) electrons. The molecule has 0 aliphatic heterocycles. The number of hydrogen-bond donors (Lipinski definition) is 2. The number of carbonyl (C=O) groups excluding carboxylic acids is 2. The SMILES string of the molecule is O=C(NC(C(=O)O)C(=O)Cc1ccc(Cl)c(Cl)c1)c1ccccc1. The smallest absolute Gasteiger partial charge is 0.334 e. The first-order valence-electron chi connectivity index (χ1n) is 6.94. The Labute approximate surface area is 148 Å². The van der Waals surface area contributed by atoms with Crippen LogP contribution >= 0.6 is 23.2 Å². The summed E-state index contributed by atoms with van der Waals surface area (Å²) in [6.07, 6.45) is -0.192. The molecule has 24 heavy (non-hydrogen) atoms. The molecule has 0 heterocycles. The van der Waals surface area contributed by atoms with Crippen molar-refractivity contribution in [3.8, 4) is 0 Å². The molecule has 2 aromatic carbocycles. The van der Waals surface area contributed by atoms with E-state index in [4.69, 9.17) is 23.2 Å². The minimum absolute atomic E-state index is 0.192. The largest absolute Gasteiger partial charge is 0.479 e. The van der Waals surface area contributed by atoms with Gasteiger partial charge in [-0.25, -0.2) is 4.79 Å². The van der Waals surface area contributed by atoms with Gasteiger partial charge in [-0.3, -0.25) is 9.59 Å². The fraction of sp³-hybridized carbons (Fsp3) is 0.118. The van der Waals surface area contributed by atoms with E-state index in [1.807, 2.05) is 0 Å². The van der Waals surface area contributed by atoms with Crippen LogP contribution in [0.4, 0.5) is 0 Å². The van der Waals surface area contributed by atoms with Crippen LogP contribution in [-0.2, 0) is 16.0 Å². The molecule has 124 valence electrons. The Kier molecular flexibility index (Phi) is 5.95. The number of carboxylic acid groups (broad SMARTS) is 1. The van der Waals surface area contributed by atoms with E-state index >= 15 is 0 Å². The summed E-state index contributed by atoms with van der Waals surface area (Å²) in [6, 6.07) is 11.0. The highest BCUT2D eigenvalue weighted by molar-refractivity contribution is 6.42. The van der Waals surface area contributed by atoms with Crippen molar-refractivity contribution in [2.24, 2.45) is 0 Å². The predicted molar refractivity (Wildman–Crippen MR) is 90.5 cm³/mol. The standard InChI is InChI=1S/C17H13Cl2NO4/c18-12-7-6-10(8-13(12)19)9-14(21)15(17(23)24)20-16(22)11-4-2-1-3-5-11/h1-8,15H,9H2,(H,20,22)(H,23,24). The monoisotopic (exact) mass is 365 g/mol. The summed E-state index contributed by atoms with van der Waals surface area (Å²) in [5.74, 6) is -2.72. The van der Waals surface area contributed by atoms with Crippen molar-refractivity contribution in [1.82, 2.24) is 5.32 Å². The van der Waals surface area contributed by atoms with Crippen molar-refractivity contribution in [1.29, 1.82) is 0 Å². The average molecular weight is 366 g/mol. The van der Waals surface area contributed by atoms with E-state index in [9.17, 15) is 19.5 Å². The summed E-state index contributed by atoms with van der Waals surface area (Å²) >= 11 is 11.7. The Hall–Kier alpha value is -2.37. The number of amides is 1. The summed E-state index contributed by atoms with van der Waals surface area (Å²) in [5, 5.41) is 12.1. The second-order valence-corrected chi connectivity index (χ2v) is 5.82. The van der Waals surface area contributed by atoms with E-state index < -0.39 is 23.7 Å². The van der Waals surface area contributed by atoms with Gasteiger partial charge in [0, 0.05) is 12.0 Å². The van der Waals surface area contributed by atoms with Gasteiger partial charge < -0.3 is 10.4 Å². The summed E-state index contributed by atoms with van der Waals surface area (Å²) in [7, 11) is 0. The van der Waals surface area contributed by atoms with Crippen LogP contribution in [0.15, 0.2) is 48.5 Å². The third-order valence-electron chi connectivity index (χ3n) is 3.24. The van der Waals surface area contributed by atoms with Crippen LogP contribution in [-0.4, -0.2) is 28.8 Å². The molecule has 0 saturated heterocycles. The maximum atomic E-state index is 12.2. The Bertz CT molecular complexity index is 777. The minimum atomic E-state index is -1.65. The molecule has 5 nitrogen and oxygen atoms in total. The molecule has 1 amide bonds. The Morgan fingerprint density at radius 3 is 2.25 bits per heavy atom. The first-order valence-corrected chi connectivity index (χ1v) is 7.69. The number of halogens is 2. The number of carboxylic acids is 1. The third kappa shape index (κ3) is 4.57. The lowest BCUT2D eigenvalue weighted by atomic mass is 10.0. The zero-order chi connectivity index (χ0) is 17.7. The van der Waals surface area contributed by atoms with Gasteiger partial charge in [-0.05, 0) is 29.8 Å². The van der Waals surface area contributed by atoms with Crippen LogP contribution < -0.4 is 5.32 Å². The lowest BCUT2D eigenvalue weighted by molar-refractivity contribution is -0.142. The van der Waals surface area contributed by atoms with E-state index in [0.717, 1.165) is 0 Å². The fourth-order valence-corrected chi connectivity index (χ4v) is 2.36. The number of ketones is 1. The minimum Gasteiger partial charge on any atom is -0.479 e. The van der Waals surface area contributed by atoms with Crippen molar-refractivity contribution in [3.05, 3.63) is 69.7 Å². The molecule has 0 aromatic heterocycles. The lowest BCUT2D eigenvalue weighted by Crippen LogP contribution is -2.47. The molecule has 0 spiro atoms. The van der Waals surface area contributed by atoms with Crippen molar-refractivity contribution in [2.45, 2.75) is 12.5 Å². The topological polar surface area (TPSA) is 83.5 Å². The number of hydrogen-bond acceptors (Lipinski definition) is 3. The summed E-state index contributed by atoms with van der Waals surface area (Å²) in [4.78, 5) is 35.6. The summed E-state index contributed by atoms with van der Waals surface area (Å²) in [6.45, 7) is 0. The second-order valence-electron chi connectivity index (χ2n) is 5.00. The predicted octanol–water partition coefficient (Wildman–Crippen LogP) is 2.99. The molecule has 1 unspecified atom stereocenters. The number of aliphatic carboxylic acids is 1. The number of Topliss-reactive ketones (excluding diaryl/α,β-unsaturated/α-hetero) is 1. The van der Waals surface area contributed by atoms with Gasteiger partial charge in [-0.2, -0.15) is 0 Å². The van der Waals surface area contributed by atoms with Gasteiger partial charge in [0.15, 0.2) is 11.8 Å². The van der Waals surface area contributed by atoms with Crippen LogP contribution in [0.1, 0.15) is 15.9 Å². The quantitative estimate of drug-likeness (QED) is 0.770. The zero-order valence-corrected chi connectivity index (χ0v) is 13.8. The van der Waals surface area contributed by atoms with E-state index in [1.165, 1.54) is 24.3 Å². The third-order valence-corrected chi connectivity index (χ3v) is 3.98. The number of nitrogens with one attached hydrogen (secondary N) is 1. The molecule has 2 aromatic rings. The van der Waals surface area contributed by atoms with Gasteiger partial charge >= 0.3 is 5.97 Å². The molecule has 0 bridgehead atoms. The first-order chi connectivity index (χ1) is 11.4. The van der Waals surface area contributed by atoms with Crippen LogP contribution in [0.3, 0.4) is 0 Å². The van der Waals surface area contributed by atoms with Gasteiger partial charge in [0.2, 0.25) is 0 Å². The Morgan fingerprint density at radius 2 is 1.67 bits per heavy atom. The van der Waals surface area contributed by atoms with E-state index in [-0.39, 0.29) is 17.0 Å². The Balaban J connectivity index is 2.12. The molecule has 0 aliphatic carbocycles. The van der Waals surface area contributed by atoms with Crippen LogP contribution in [0.25, 0.3) is 0 Å².